The molecule has 1 amide bonds. The Bertz CT molecular complexity index is 364. The first kappa shape index (κ1) is 17.8. The monoisotopic (exact) mass is 301 g/mol. The zero-order valence-electron chi connectivity index (χ0n) is 13.3. The number of esters is 1. The summed E-state index contributed by atoms with van der Waals surface area (Å²) in [6, 6.07) is -0.173. The number of rotatable bonds is 4. The maximum Gasteiger partial charge on any atom is 0.407 e. The summed E-state index contributed by atoms with van der Waals surface area (Å²) in [4.78, 5) is 23.1. The zero-order valence-corrected chi connectivity index (χ0v) is 13.3. The Balaban J connectivity index is 2.56. The first-order chi connectivity index (χ1) is 9.71. The highest BCUT2D eigenvalue weighted by Crippen LogP contribution is 2.29. The van der Waals surface area contributed by atoms with Gasteiger partial charge in [-0.2, -0.15) is 0 Å². The Labute approximate surface area is 126 Å². The van der Waals surface area contributed by atoms with Gasteiger partial charge in [0.1, 0.15) is 5.60 Å². The van der Waals surface area contributed by atoms with Crippen LogP contribution in [0.25, 0.3) is 0 Å². The van der Waals surface area contributed by atoms with Gasteiger partial charge in [-0.25, -0.2) is 4.79 Å². The fourth-order valence-electron chi connectivity index (χ4n) is 2.60. The number of hydrogen-bond acceptors (Lipinski definition) is 5. The fraction of sp³-hybridized carbons (Fsp3) is 0.867. The molecule has 3 atom stereocenters. The highest BCUT2D eigenvalue weighted by molar-refractivity contribution is 5.69. The van der Waals surface area contributed by atoms with Crippen LogP contribution in [0, 0.1) is 5.92 Å². The second kappa shape index (κ2) is 7.64. The maximum absolute atomic E-state index is 11.9. The van der Waals surface area contributed by atoms with Crippen LogP contribution in [0.1, 0.15) is 52.9 Å². The minimum absolute atomic E-state index is 0.153. The van der Waals surface area contributed by atoms with E-state index in [9.17, 15) is 14.7 Å². The lowest BCUT2D eigenvalue weighted by Gasteiger charge is -2.35. The van der Waals surface area contributed by atoms with Crippen molar-refractivity contribution in [2.45, 2.75) is 70.6 Å². The van der Waals surface area contributed by atoms with Crippen molar-refractivity contribution < 1.29 is 24.2 Å². The quantitative estimate of drug-likeness (QED) is 0.776. The first-order valence-electron chi connectivity index (χ1n) is 7.45. The Morgan fingerprint density at radius 1 is 1.29 bits per heavy atom. The molecule has 21 heavy (non-hydrogen) atoms. The van der Waals surface area contributed by atoms with Crippen molar-refractivity contribution in [2.75, 3.05) is 7.11 Å². The topological polar surface area (TPSA) is 84.9 Å². The molecule has 0 heterocycles. The van der Waals surface area contributed by atoms with E-state index in [0.29, 0.717) is 25.7 Å². The minimum atomic E-state index is -0.557. The summed E-state index contributed by atoms with van der Waals surface area (Å²) in [5, 5.41) is 12.6. The molecule has 0 saturated heterocycles. The molecule has 0 unspecified atom stereocenters. The number of nitrogens with one attached hydrogen (secondary N) is 1. The number of carbonyl (C=O) groups is 2. The van der Waals surface area contributed by atoms with Crippen molar-refractivity contribution in [1.82, 2.24) is 5.32 Å². The predicted molar refractivity (Wildman–Crippen MR) is 77.8 cm³/mol. The first-order valence-corrected chi connectivity index (χ1v) is 7.45. The van der Waals surface area contributed by atoms with Crippen molar-refractivity contribution in [3.63, 3.8) is 0 Å². The predicted octanol–water partition coefficient (Wildman–Crippen LogP) is 1.99. The third kappa shape index (κ3) is 6.80. The van der Waals surface area contributed by atoms with Gasteiger partial charge in [0, 0.05) is 12.5 Å². The van der Waals surface area contributed by atoms with Gasteiger partial charge in [-0.05, 0) is 52.4 Å². The molecule has 1 aliphatic rings. The molecule has 1 aliphatic carbocycles. The molecule has 6 heteroatoms. The molecular weight excluding hydrogens is 274 g/mol. The SMILES string of the molecule is COC(=O)CC[C@H]1CC[C@@H](O)C[C@H]1NC(=O)OC(C)(C)C. The number of ether oxygens (including phenoxy) is 2. The molecule has 1 rings (SSSR count). The van der Waals surface area contributed by atoms with Gasteiger partial charge < -0.3 is 19.9 Å². The lowest BCUT2D eigenvalue weighted by atomic mass is 9.80. The Morgan fingerprint density at radius 3 is 2.52 bits per heavy atom. The molecule has 1 fully saturated rings. The second-order valence-electron chi connectivity index (χ2n) is 6.59. The van der Waals surface area contributed by atoms with Gasteiger partial charge >= 0.3 is 12.1 Å². The summed E-state index contributed by atoms with van der Waals surface area (Å²) in [6.45, 7) is 5.41. The number of alkyl carbamates (subject to hydrolysis) is 1. The van der Waals surface area contributed by atoms with Crippen molar-refractivity contribution in [3.05, 3.63) is 0 Å². The molecule has 2 N–H and O–H groups in total. The van der Waals surface area contributed by atoms with Gasteiger partial charge in [-0.1, -0.05) is 0 Å². The number of methoxy groups -OCH3 is 1. The van der Waals surface area contributed by atoms with E-state index >= 15 is 0 Å². The summed E-state index contributed by atoms with van der Waals surface area (Å²) >= 11 is 0. The van der Waals surface area contributed by atoms with Gasteiger partial charge in [0.25, 0.3) is 0 Å². The lowest BCUT2D eigenvalue weighted by molar-refractivity contribution is -0.141. The molecule has 0 aromatic rings. The van der Waals surface area contributed by atoms with E-state index in [4.69, 9.17) is 4.74 Å². The van der Waals surface area contributed by atoms with E-state index in [2.05, 4.69) is 10.1 Å². The molecule has 122 valence electrons. The maximum atomic E-state index is 11.9. The van der Waals surface area contributed by atoms with Crippen molar-refractivity contribution >= 4 is 12.1 Å². The van der Waals surface area contributed by atoms with Gasteiger partial charge in [-0.3, -0.25) is 4.79 Å². The molecule has 0 aromatic heterocycles. The van der Waals surface area contributed by atoms with E-state index in [-0.39, 0.29) is 17.9 Å². The van der Waals surface area contributed by atoms with Crippen LogP contribution in [0.15, 0.2) is 0 Å². The molecule has 0 aliphatic heterocycles. The lowest BCUT2D eigenvalue weighted by Crippen LogP contribution is -2.47. The Hall–Kier alpha value is -1.30. The van der Waals surface area contributed by atoms with Gasteiger partial charge in [0.15, 0.2) is 0 Å². The average molecular weight is 301 g/mol. The molecule has 0 spiro atoms. The molecule has 0 bridgehead atoms. The smallest absolute Gasteiger partial charge is 0.407 e. The van der Waals surface area contributed by atoms with Crippen LogP contribution in [0.2, 0.25) is 0 Å². The van der Waals surface area contributed by atoms with Crippen LogP contribution in [0.3, 0.4) is 0 Å². The molecule has 0 aromatic carbocycles. The van der Waals surface area contributed by atoms with E-state index in [1.54, 1.807) is 20.8 Å². The molecular formula is C15H27NO5. The van der Waals surface area contributed by atoms with Crippen molar-refractivity contribution in [2.24, 2.45) is 5.92 Å². The molecule has 0 radical (unpaired) electrons. The zero-order chi connectivity index (χ0) is 16.0. The highest BCUT2D eigenvalue weighted by Gasteiger charge is 2.32. The van der Waals surface area contributed by atoms with Crippen LogP contribution in [0.5, 0.6) is 0 Å². The standard InChI is InChI=1S/C15H27NO5/c1-15(2,3)21-14(19)16-12-9-11(17)7-5-10(12)6-8-13(18)20-4/h10-12,17H,5-9H2,1-4H3,(H,16,19)/t10-,11-,12-/m1/s1. The summed E-state index contributed by atoms with van der Waals surface area (Å²) in [5.74, 6) is -0.0999. The van der Waals surface area contributed by atoms with E-state index in [0.717, 1.165) is 6.42 Å². The van der Waals surface area contributed by atoms with Gasteiger partial charge in [-0.15, -0.1) is 0 Å². The summed E-state index contributed by atoms with van der Waals surface area (Å²) in [5.41, 5.74) is -0.557. The molecule has 6 nitrogen and oxygen atoms in total. The summed E-state index contributed by atoms with van der Waals surface area (Å²) in [6.07, 6.45) is 2.02. The van der Waals surface area contributed by atoms with Crippen molar-refractivity contribution in [3.8, 4) is 0 Å². The van der Waals surface area contributed by atoms with Crippen molar-refractivity contribution in [1.29, 1.82) is 0 Å². The number of amides is 1. The third-order valence-electron chi connectivity index (χ3n) is 3.61. The Kier molecular flexibility index (Phi) is 6.45. The normalized spacial score (nSPS) is 26.0. The highest BCUT2D eigenvalue weighted by atomic mass is 16.6. The van der Waals surface area contributed by atoms with E-state index in [1.807, 2.05) is 0 Å². The Morgan fingerprint density at radius 2 is 1.95 bits per heavy atom. The summed E-state index contributed by atoms with van der Waals surface area (Å²) in [7, 11) is 1.36. The molecule has 1 saturated carbocycles. The van der Waals surface area contributed by atoms with Crippen LogP contribution in [0.4, 0.5) is 4.79 Å². The average Bonchev–Trinajstić information content (AvgIpc) is 2.35. The summed E-state index contributed by atoms with van der Waals surface area (Å²) < 4.78 is 9.89. The van der Waals surface area contributed by atoms with E-state index < -0.39 is 17.8 Å². The number of aliphatic hydroxyl groups is 1. The number of hydrogen-bond donors (Lipinski definition) is 2. The van der Waals surface area contributed by atoms with Crippen LogP contribution in [-0.4, -0.2) is 42.0 Å². The van der Waals surface area contributed by atoms with Crippen LogP contribution >= 0.6 is 0 Å². The van der Waals surface area contributed by atoms with E-state index in [1.165, 1.54) is 7.11 Å². The number of carbonyl (C=O) groups excluding carboxylic acids is 2. The number of aliphatic hydroxyl groups excluding tert-OH is 1. The largest absolute Gasteiger partial charge is 0.469 e. The van der Waals surface area contributed by atoms with Crippen LogP contribution in [-0.2, 0) is 14.3 Å². The van der Waals surface area contributed by atoms with Gasteiger partial charge in [0.2, 0.25) is 0 Å². The fourth-order valence-corrected chi connectivity index (χ4v) is 2.60. The van der Waals surface area contributed by atoms with Crippen LogP contribution < -0.4 is 5.32 Å². The second-order valence-corrected chi connectivity index (χ2v) is 6.59. The third-order valence-corrected chi connectivity index (χ3v) is 3.61. The van der Waals surface area contributed by atoms with Gasteiger partial charge in [0.05, 0.1) is 13.2 Å². The minimum Gasteiger partial charge on any atom is -0.469 e.